The van der Waals surface area contributed by atoms with Gasteiger partial charge in [-0.15, -0.1) is 0 Å². The molecule has 596 valence electrons. The van der Waals surface area contributed by atoms with Gasteiger partial charge in [0.2, 0.25) is 17.5 Å². The average Bonchev–Trinajstić information content (AvgIpc) is 1.59. The van der Waals surface area contributed by atoms with Crippen molar-refractivity contribution in [1.82, 2.24) is 5.32 Å². The summed E-state index contributed by atoms with van der Waals surface area (Å²) in [5.74, 6) is -8.09. The number of benzene rings is 4. The molecule has 110 heavy (non-hydrogen) atoms. The maximum Gasteiger partial charge on any atom is 0.326 e. The lowest BCUT2D eigenvalue weighted by molar-refractivity contribution is -0.438. The summed E-state index contributed by atoms with van der Waals surface area (Å²) in [5, 5.41) is 23.6. The van der Waals surface area contributed by atoms with E-state index in [2.05, 4.69) is 34.7 Å². The number of ketones is 3. The number of nitrogens with zero attached hydrogens (tertiary/aromatic N) is 4. The van der Waals surface area contributed by atoms with E-state index in [-0.39, 0.29) is 105 Å². The summed E-state index contributed by atoms with van der Waals surface area (Å²) in [4.78, 5) is 102. The fourth-order valence-electron chi connectivity index (χ4n) is 15.9. The first kappa shape index (κ1) is 85.5. The van der Waals surface area contributed by atoms with Crippen LogP contribution in [0.1, 0.15) is 195 Å². The van der Waals surface area contributed by atoms with Crippen LogP contribution in [0.15, 0.2) is 143 Å². The number of carbonyl (C=O) groups excluding carboxylic acids is 5. The zero-order valence-corrected chi connectivity index (χ0v) is 67.0. The van der Waals surface area contributed by atoms with Crippen molar-refractivity contribution in [3.63, 3.8) is 0 Å². The van der Waals surface area contributed by atoms with Crippen molar-refractivity contribution in [2.45, 2.75) is 212 Å². The number of carboxylic acids is 2. The van der Waals surface area contributed by atoms with E-state index in [0.717, 1.165) is 65.9 Å². The van der Waals surface area contributed by atoms with Crippen molar-refractivity contribution in [2.24, 2.45) is 29.1 Å². The average molecular weight is 1580 g/mol. The standard InChI is InChI=1S/C83H107N5O19S3/c1-54(2)46-58(48-63(90)50-60-52-87(61-24-11-10-12-25-61)71-28-15-16-29-72(71)88(78(60)93)53-75(91)81(3,4)5)77(92)84-68(80(96)97)38-34-62(89)49-59(79(94)95)47-55-30-35-64(36-31-55)107-76-56(32-40-73-82(6,7)66-26-13-14-27-69(66)85(73)42-17-19-44-108(98,99)100)22-21-23-57(76)33-41-74-83(8,9)67-51-65(110(104,105)106)37-39-70(67)86(74)43-18-20-45-109(101,102)103/h13-16,26-33,35-37,39-41,51,54,58-61,68H,10-12,17-25,34,38,42-50,52-53H2,1-9H3,(H5-,84,92,94,95,96,97,98,99,100,101,102,103,104,105,106)/p+1/t58-,59-,60-,68-/m1/s1. The van der Waals surface area contributed by atoms with Crippen molar-refractivity contribution < 1.29 is 92.0 Å². The van der Waals surface area contributed by atoms with E-state index in [9.17, 15) is 82.7 Å². The molecular formula is C83H108N5O19S3+. The number of unbranched alkanes of at least 4 members (excludes halogenated alkanes) is 2. The molecular weight excluding hydrogens is 1470 g/mol. The number of rotatable bonds is 36. The molecule has 4 aromatic rings. The first-order valence-electron chi connectivity index (χ1n) is 38.2. The molecule has 24 nitrogen and oxygen atoms in total. The molecule has 2 amide bonds. The largest absolute Gasteiger partial charge is 0.481 e. The maximum absolute atomic E-state index is 14.8. The number of carbonyl (C=O) groups is 7. The van der Waals surface area contributed by atoms with Gasteiger partial charge < -0.3 is 35.0 Å². The Morgan fingerprint density at radius 2 is 1.34 bits per heavy atom. The molecule has 0 aromatic heterocycles. The van der Waals surface area contributed by atoms with Gasteiger partial charge in [0, 0.05) is 97.1 Å². The Morgan fingerprint density at radius 1 is 0.691 bits per heavy atom. The molecule has 4 atom stereocenters. The summed E-state index contributed by atoms with van der Waals surface area (Å²) in [6.45, 7) is 17.9. The molecule has 5 aliphatic rings. The van der Waals surface area contributed by atoms with Gasteiger partial charge in [-0.05, 0) is 167 Å². The highest BCUT2D eigenvalue weighted by Gasteiger charge is 2.46. The second-order valence-electron chi connectivity index (χ2n) is 32.5. The Hall–Kier alpha value is -8.47. The summed E-state index contributed by atoms with van der Waals surface area (Å²) in [6, 6.07) is 25.0. The number of hydrogen-bond donors (Lipinski definition) is 6. The third-order valence-corrected chi connectivity index (χ3v) is 24.4. The third kappa shape index (κ3) is 22.0. The zero-order valence-electron chi connectivity index (χ0n) is 64.6. The van der Waals surface area contributed by atoms with Gasteiger partial charge in [-0.2, -0.15) is 29.8 Å². The Bertz CT molecular complexity index is 4660. The summed E-state index contributed by atoms with van der Waals surface area (Å²) in [7, 11) is -13.1. The monoisotopic (exact) mass is 1570 g/mol. The smallest absolute Gasteiger partial charge is 0.326 e. The van der Waals surface area contributed by atoms with Crippen LogP contribution in [0.2, 0.25) is 0 Å². The van der Waals surface area contributed by atoms with Crippen LogP contribution in [-0.2, 0) is 81.2 Å². The van der Waals surface area contributed by atoms with E-state index in [1.165, 1.54) is 17.0 Å². The highest BCUT2D eigenvalue weighted by atomic mass is 32.2. The van der Waals surface area contributed by atoms with Crippen LogP contribution in [0, 0.1) is 29.1 Å². The van der Waals surface area contributed by atoms with E-state index < -0.39 is 113 Å². The fourth-order valence-corrected chi connectivity index (χ4v) is 17.6. The van der Waals surface area contributed by atoms with Crippen LogP contribution >= 0.6 is 0 Å². The van der Waals surface area contributed by atoms with E-state index >= 15 is 0 Å². The van der Waals surface area contributed by atoms with E-state index in [4.69, 9.17) is 4.74 Å². The normalized spacial score (nSPS) is 19.2. The van der Waals surface area contributed by atoms with Crippen molar-refractivity contribution >= 4 is 99.9 Å². The fraction of sp³-hybridized carbons (Fsp3) is 0.518. The van der Waals surface area contributed by atoms with Gasteiger partial charge in [-0.3, -0.25) is 42.4 Å². The SMILES string of the molecule is CC(C)C[C@H](CC(=O)C[C@@H]1CN(C2CCCCC2)c2ccccc2N(CC(=O)C(C)(C)C)C1=O)C(=O)N[C@H](CCC(=O)C[C@@H](Cc1ccc(OC2=C(C=CC3=[N+](CCCCS(=O)(=O)O)c4ccccc4C3(C)C)CCCC2=CC=C2N(CCCCS(=O)(=O)O)c3ccc(S(=O)(=O)O)cc3C2(C)C)cc1)C(=O)O)C(=O)O. The topological polar surface area (TPSA) is 357 Å². The van der Waals surface area contributed by atoms with E-state index in [1.54, 1.807) is 51.1 Å². The minimum atomic E-state index is -4.61. The summed E-state index contributed by atoms with van der Waals surface area (Å²) in [6.07, 6.45) is 14.0. The molecule has 2 aliphatic carbocycles. The number of hydrogen-bond acceptors (Lipinski definition) is 16. The molecule has 4 aromatic carbocycles. The first-order valence-corrected chi connectivity index (χ1v) is 42.9. The molecule has 0 saturated heterocycles. The molecule has 1 fully saturated rings. The van der Waals surface area contributed by atoms with Crippen molar-refractivity contribution in [1.29, 1.82) is 0 Å². The van der Waals surface area contributed by atoms with Gasteiger partial charge in [0.05, 0.1) is 51.6 Å². The van der Waals surface area contributed by atoms with Gasteiger partial charge in [-0.1, -0.05) is 116 Å². The molecule has 6 N–H and O–H groups in total. The van der Waals surface area contributed by atoms with Crippen LogP contribution in [-0.4, -0.2) is 150 Å². The number of fused-ring (bicyclic) bond motifs is 3. The summed E-state index contributed by atoms with van der Waals surface area (Å²) in [5.41, 5.74) is 6.21. The Balaban J connectivity index is 0.927. The number of ether oxygens (including phenoxy) is 1. The van der Waals surface area contributed by atoms with Gasteiger partial charge in [0.25, 0.3) is 30.4 Å². The lowest BCUT2D eigenvalue weighted by atomic mass is 9.81. The molecule has 3 heterocycles. The Labute approximate surface area is 647 Å². The molecule has 27 heteroatoms. The minimum absolute atomic E-state index is 0.103. The Kier molecular flexibility index (Phi) is 27.9. The number of carboxylic acid groups (broad SMARTS) is 2. The molecule has 0 spiro atoms. The summed E-state index contributed by atoms with van der Waals surface area (Å²) >= 11 is 0. The molecule has 9 rings (SSSR count). The van der Waals surface area contributed by atoms with Gasteiger partial charge in [0.1, 0.15) is 35.7 Å². The molecule has 0 radical (unpaired) electrons. The van der Waals surface area contributed by atoms with E-state index in [0.29, 0.717) is 78.4 Å². The highest BCUT2D eigenvalue weighted by molar-refractivity contribution is 7.86. The van der Waals surface area contributed by atoms with Crippen LogP contribution in [0.25, 0.3) is 0 Å². The quantitative estimate of drug-likeness (QED) is 0.0140. The second kappa shape index (κ2) is 35.9. The second-order valence-corrected chi connectivity index (χ2v) is 37.1. The Morgan fingerprint density at radius 3 is 1.97 bits per heavy atom. The number of Topliss-reactive ketones (excluding diaryl/α,β-unsaturated/α-hetero) is 3. The molecule has 3 aliphatic heterocycles. The molecule has 0 bridgehead atoms. The minimum Gasteiger partial charge on any atom is -0.481 e. The van der Waals surface area contributed by atoms with Crippen molar-refractivity contribution in [2.75, 3.05) is 52.4 Å². The zero-order chi connectivity index (χ0) is 80.4. The lowest BCUT2D eigenvalue weighted by Gasteiger charge is -2.37. The summed E-state index contributed by atoms with van der Waals surface area (Å²) < 4.78 is 110. The third-order valence-electron chi connectivity index (χ3n) is 21.9. The van der Waals surface area contributed by atoms with Crippen molar-refractivity contribution in [3.8, 4) is 5.75 Å². The van der Waals surface area contributed by atoms with E-state index in [1.807, 2.05) is 99.4 Å². The number of amides is 2. The van der Waals surface area contributed by atoms with Crippen LogP contribution in [0.4, 0.5) is 22.7 Å². The lowest BCUT2D eigenvalue weighted by Crippen LogP contribution is -2.46. The van der Waals surface area contributed by atoms with Crippen LogP contribution < -0.4 is 24.8 Å². The molecule has 0 unspecified atom stereocenters. The van der Waals surface area contributed by atoms with Crippen LogP contribution in [0.5, 0.6) is 5.75 Å². The molecule has 1 saturated carbocycles. The number of aliphatic carboxylic acids is 2. The predicted octanol–water partition coefficient (Wildman–Crippen LogP) is 13.3. The van der Waals surface area contributed by atoms with Crippen LogP contribution in [0.3, 0.4) is 0 Å². The maximum atomic E-state index is 14.8. The predicted molar refractivity (Wildman–Crippen MR) is 422 cm³/mol. The number of nitrogens with one attached hydrogen (secondary N) is 1. The van der Waals surface area contributed by atoms with Gasteiger partial charge in [0.15, 0.2) is 11.5 Å². The number of anilines is 3. The van der Waals surface area contributed by atoms with Gasteiger partial charge in [-0.25, -0.2) is 4.79 Å². The first-order chi connectivity index (χ1) is 51.6. The van der Waals surface area contributed by atoms with Gasteiger partial charge >= 0.3 is 11.9 Å². The number of para-hydroxylation sites is 3. The highest BCUT2D eigenvalue weighted by Crippen LogP contribution is 2.50. The van der Waals surface area contributed by atoms with Crippen molar-refractivity contribution in [3.05, 3.63) is 155 Å². The number of allylic oxidation sites excluding steroid dienone is 7.